The molecule has 0 unspecified atom stereocenters. The summed E-state index contributed by atoms with van der Waals surface area (Å²) in [5, 5.41) is 3.43. The van der Waals surface area contributed by atoms with E-state index in [1.165, 1.54) is 25.6 Å². The van der Waals surface area contributed by atoms with Crippen LogP contribution in [0.25, 0.3) is 0 Å². The summed E-state index contributed by atoms with van der Waals surface area (Å²) in [6, 6.07) is 5.02. The van der Waals surface area contributed by atoms with Gasteiger partial charge in [-0.15, -0.1) is 11.3 Å². The monoisotopic (exact) mass is 389 g/mol. The molecule has 0 atom stereocenters. The molecule has 0 aliphatic heterocycles. The summed E-state index contributed by atoms with van der Waals surface area (Å²) in [6.45, 7) is 2.07. The van der Waals surface area contributed by atoms with Crippen molar-refractivity contribution in [3.05, 3.63) is 39.8 Å². The fourth-order valence-electron chi connectivity index (χ4n) is 3.24. The molecule has 0 saturated heterocycles. The topological polar surface area (TPSA) is 73.9 Å². The highest BCUT2D eigenvalue weighted by Gasteiger charge is 2.28. The van der Waals surface area contributed by atoms with Gasteiger partial charge in [-0.2, -0.15) is 0 Å². The zero-order valence-electron chi connectivity index (χ0n) is 15.7. The van der Waals surface area contributed by atoms with E-state index in [4.69, 9.17) is 14.2 Å². The van der Waals surface area contributed by atoms with E-state index in [0.717, 1.165) is 36.1 Å². The molecule has 1 aromatic carbocycles. The first-order chi connectivity index (χ1) is 13.1. The molecule has 0 spiro atoms. The zero-order chi connectivity index (χ0) is 19.4. The molecule has 1 aliphatic carbocycles. The van der Waals surface area contributed by atoms with Crippen molar-refractivity contribution < 1.29 is 23.8 Å². The number of nitrogens with one attached hydrogen (secondary N) is 1. The molecule has 6 nitrogen and oxygen atoms in total. The van der Waals surface area contributed by atoms with Crippen molar-refractivity contribution in [2.45, 2.75) is 32.6 Å². The molecule has 1 amide bonds. The summed E-state index contributed by atoms with van der Waals surface area (Å²) < 4.78 is 15.7. The van der Waals surface area contributed by atoms with Gasteiger partial charge in [0.2, 0.25) is 0 Å². The van der Waals surface area contributed by atoms with Crippen LogP contribution in [0, 0.1) is 0 Å². The number of fused-ring (bicyclic) bond motifs is 1. The highest BCUT2D eigenvalue weighted by Crippen LogP contribution is 2.39. The lowest BCUT2D eigenvalue weighted by molar-refractivity contribution is 0.0526. The van der Waals surface area contributed by atoms with Crippen LogP contribution >= 0.6 is 11.3 Å². The van der Waals surface area contributed by atoms with Crippen LogP contribution in [0.15, 0.2) is 18.2 Å². The number of aryl methyl sites for hydroxylation is 1. The zero-order valence-corrected chi connectivity index (χ0v) is 16.5. The van der Waals surface area contributed by atoms with E-state index in [0.29, 0.717) is 34.2 Å². The Balaban J connectivity index is 1.97. The van der Waals surface area contributed by atoms with E-state index in [1.54, 1.807) is 25.1 Å². The second-order valence-corrected chi connectivity index (χ2v) is 7.26. The predicted molar refractivity (Wildman–Crippen MR) is 104 cm³/mol. The van der Waals surface area contributed by atoms with Gasteiger partial charge in [-0.05, 0) is 56.4 Å². The number of benzene rings is 1. The average molecular weight is 389 g/mol. The fraction of sp³-hybridized carbons (Fsp3) is 0.400. The van der Waals surface area contributed by atoms with Crippen LogP contribution in [0.1, 0.15) is 50.9 Å². The van der Waals surface area contributed by atoms with Gasteiger partial charge < -0.3 is 19.5 Å². The standard InChI is InChI=1S/C20H23NO5S/c1-4-26-20(23)17-13-7-5-6-8-16(13)27-19(17)21-18(22)14-11-12(24-2)9-10-15(14)25-3/h9-11H,4-8H2,1-3H3,(H,21,22). The van der Waals surface area contributed by atoms with Crippen LogP contribution < -0.4 is 14.8 Å². The first-order valence-electron chi connectivity index (χ1n) is 8.94. The van der Waals surface area contributed by atoms with Gasteiger partial charge in [0.25, 0.3) is 5.91 Å². The Morgan fingerprint density at radius 3 is 2.63 bits per heavy atom. The molecule has 0 saturated carbocycles. The van der Waals surface area contributed by atoms with E-state index < -0.39 is 0 Å². The van der Waals surface area contributed by atoms with E-state index in [1.807, 2.05) is 0 Å². The van der Waals surface area contributed by atoms with Gasteiger partial charge in [-0.3, -0.25) is 4.79 Å². The highest BCUT2D eigenvalue weighted by atomic mass is 32.1. The third kappa shape index (κ3) is 3.93. The third-order valence-electron chi connectivity index (χ3n) is 4.53. The molecular formula is C20H23NO5S. The van der Waals surface area contributed by atoms with Gasteiger partial charge in [0.05, 0.1) is 32.0 Å². The van der Waals surface area contributed by atoms with Crippen molar-refractivity contribution in [2.24, 2.45) is 0 Å². The van der Waals surface area contributed by atoms with Crippen molar-refractivity contribution in [1.29, 1.82) is 0 Å². The summed E-state index contributed by atoms with van der Waals surface area (Å²) in [6.07, 6.45) is 3.88. The van der Waals surface area contributed by atoms with E-state index in [-0.39, 0.29) is 11.9 Å². The minimum atomic E-state index is -0.384. The summed E-state index contributed by atoms with van der Waals surface area (Å²) in [5.74, 6) is 0.254. The number of rotatable bonds is 6. The Bertz CT molecular complexity index is 858. The SMILES string of the molecule is CCOC(=O)c1c(NC(=O)c2cc(OC)ccc2OC)sc2c1CCCC2. The van der Waals surface area contributed by atoms with Gasteiger partial charge >= 0.3 is 5.97 Å². The van der Waals surface area contributed by atoms with Crippen LogP contribution in [0.4, 0.5) is 5.00 Å². The normalized spacial score (nSPS) is 12.9. The van der Waals surface area contributed by atoms with Crippen molar-refractivity contribution >= 4 is 28.2 Å². The largest absolute Gasteiger partial charge is 0.497 e. The summed E-state index contributed by atoms with van der Waals surface area (Å²) in [7, 11) is 3.04. The van der Waals surface area contributed by atoms with Gasteiger partial charge in [-0.1, -0.05) is 0 Å². The Morgan fingerprint density at radius 1 is 1.15 bits per heavy atom. The third-order valence-corrected chi connectivity index (χ3v) is 5.74. The quantitative estimate of drug-likeness (QED) is 0.754. The summed E-state index contributed by atoms with van der Waals surface area (Å²) in [5.41, 5.74) is 1.85. The van der Waals surface area contributed by atoms with Gasteiger partial charge in [0.15, 0.2) is 0 Å². The van der Waals surface area contributed by atoms with Gasteiger partial charge in [0, 0.05) is 4.88 Å². The lowest BCUT2D eigenvalue weighted by atomic mass is 9.95. The van der Waals surface area contributed by atoms with Crippen LogP contribution in [-0.4, -0.2) is 32.7 Å². The number of anilines is 1. The molecule has 0 bridgehead atoms. The molecular weight excluding hydrogens is 366 g/mol. The van der Waals surface area contributed by atoms with E-state index >= 15 is 0 Å². The fourth-order valence-corrected chi connectivity index (χ4v) is 4.51. The Morgan fingerprint density at radius 2 is 1.93 bits per heavy atom. The first-order valence-corrected chi connectivity index (χ1v) is 9.75. The Hall–Kier alpha value is -2.54. The van der Waals surface area contributed by atoms with Gasteiger partial charge in [0.1, 0.15) is 16.5 Å². The number of hydrogen-bond acceptors (Lipinski definition) is 6. The maximum Gasteiger partial charge on any atom is 0.341 e. The van der Waals surface area contributed by atoms with Crippen molar-refractivity contribution in [2.75, 3.05) is 26.1 Å². The minimum Gasteiger partial charge on any atom is -0.497 e. The maximum atomic E-state index is 12.9. The Kier molecular flexibility index (Phi) is 6.01. The molecule has 27 heavy (non-hydrogen) atoms. The molecule has 7 heteroatoms. The summed E-state index contributed by atoms with van der Waals surface area (Å²) >= 11 is 1.46. The molecule has 0 fully saturated rings. The summed E-state index contributed by atoms with van der Waals surface area (Å²) in [4.78, 5) is 26.6. The number of hydrogen-bond donors (Lipinski definition) is 1. The second kappa shape index (κ2) is 8.43. The van der Waals surface area contributed by atoms with Crippen LogP contribution in [-0.2, 0) is 17.6 Å². The lowest BCUT2D eigenvalue weighted by Gasteiger charge is -2.13. The predicted octanol–water partition coefficient (Wildman–Crippen LogP) is 4.07. The molecule has 1 aromatic heterocycles. The number of ether oxygens (including phenoxy) is 3. The number of carbonyl (C=O) groups is 2. The second-order valence-electron chi connectivity index (χ2n) is 6.16. The first kappa shape index (κ1) is 19.2. The number of esters is 1. The van der Waals surface area contributed by atoms with Crippen molar-refractivity contribution in [3.8, 4) is 11.5 Å². The number of amides is 1. The lowest BCUT2D eigenvalue weighted by Crippen LogP contribution is -2.16. The van der Waals surface area contributed by atoms with Gasteiger partial charge in [-0.25, -0.2) is 4.79 Å². The van der Waals surface area contributed by atoms with E-state index in [9.17, 15) is 9.59 Å². The van der Waals surface area contributed by atoms with Crippen molar-refractivity contribution in [1.82, 2.24) is 0 Å². The van der Waals surface area contributed by atoms with Crippen LogP contribution in [0.3, 0.4) is 0 Å². The average Bonchev–Trinajstić information content (AvgIpc) is 3.05. The van der Waals surface area contributed by atoms with E-state index in [2.05, 4.69) is 5.32 Å². The van der Waals surface area contributed by atoms with Crippen LogP contribution in [0.5, 0.6) is 11.5 Å². The van der Waals surface area contributed by atoms with Crippen molar-refractivity contribution in [3.63, 3.8) is 0 Å². The number of thiophene rings is 1. The molecule has 3 rings (SSSR count). The minimum absolute atomic E-state index is 0.292. The Labute approximate surface area is 162 Å². The molecule has 2 aromatic rings. The molecule has 0 radical (unpaired) electrons. The number of methoxy groups -OCH3 is 2. The highest BCUT2D eigenvalue weighted by molar-refractivity contribution is 7.17. The smallest absolute Gasteiger partial charge is 0.341 e. The number of carbonyl (C=O) groups excluding carboxylic acids is 2. The molecule has 144 valence electrons. The van der Waals surface area contributed by atoms with Crippen LogP contribution in [0.2, 0.25) is 0 Å². The molecule has 1 N–H and O–H groups in total. The molecule has 1 heterocycles. The molecule has 1 aliphatic rings. The maximum absolute atomic E-state index is 12.9.